The van der Waals surface area contributed by atoms with Gasteiger partial charge in [-0.2, -0.15) is 13.2 Å². The van der Waals surface area contributed by atoms with Crippen molar-refractivity contribution >= 4 is 28.4 Å². The van der Waals surface area contributed by atoms with Crippen molar-refractivity contribution in [3.8, 4) is 5.75 Å². The summed E-state index contributed by atoms with van der Waals surface area (Å²) in [6.45, 7) is 1.77. The van der Waals surface area contributed by atoms with Gasteiger partial charge in [0.25, 0.3) is 5.91 Å². The number of fused-ring (bicyclic) bond motifs is 1. The van der Waals surface area contributed by atoms with Gasteiger partial charge in [-0.1, -0.05) is 12.1 Å². The van der Waals surface area contributed by atoms with E-state index in [4.69, 9.17) is 0 Å². The molecule has 1 N–H and O–H groups in total. The number of rotatable bonds is 6. The molecular formula is C25H19F6N5O2. The molecule has 38 heavy (non-hydrogen) atoms. The average Bonchev–Trinajstić information content (AvgIpc) is 3.17. The fourth-order valence-electron chi connectivity index (χ4n) is 4.02. The molecule has 0 atom stereocenters. The highest BCUT2D eigenvalue weighted by atomic mass is 19.4. The minimum atomic E-state index is -4.85. The first-order chi connectivity index (χ1) is 18.0. The summed E-state index contributed by atoms with van der Waals surface area (Å²) in [7, 11) is 0. The second-order valence-corrected chi connectivity index (χ2v) is 8.61. The lowest BCUT2D eigenvalue weighted by Crippen LogP contribution is -2.37. The molecule has 13 heteroatoms. The van der Waals surface area contributed by atoms with Crippen molar-refractivity contribution in [2.45, 2.75) is 25.5 Å². The van der Waals surface area contributed by atoms with Crippen molar-refractivity contribution in [3.05, 3.63) is 77.7 Å². The van der Waals surface area contributed by atoms with Crippen molar-refractivity contribution in [2.24, 2.45) is 0 Å². The highest BCUT2D eigenvalue weighted by Gasteiger charge is 2.33. The molecule has 0 bridgehead atoms. The summed E-state index contributed by atoms with van der Waals surface area (Å²) >= 11 is 0. The SMILES string of the molecule is O=C(Nc1ccc(N2CCC2)nc1)c1cc2nc(C(F)(F)F)ccc2n1Cc1ccc(OC(F)(F)F)cc1. The highest BCUT2D eigenvalue weighted by Crippen LogP contribution is 2.31. The van der Waals surface area contributed by atoms with Crippen molar-refractivity contribution in [3.63, 3.8) is 0 Å². The molecular weight excluding hydrogens is 516 g/mol. The zero-order chi connectivity index (χ0) is 27.1. The van der Waals surface area contributed by atoms with Crippen LogP contribution in [0.3, 0.4) is 0 Å². The van der Waals surface area contributed by atoms with Crippen LogP contribution in [-0.2, 0) is 12.7 Å². The number of carbonyl (C=O) groups is 1. The molecule has 4 aromatic rings. The lowest BCUT2D eigenvalue weighted by molar-refractivity contribution is -0.274. The number of benzene rings is 1. The normalized spacial score (nSPS) is 13.9. The third kappa shape index (κ3) is 5.50. The molecule has 0 aliphatic carbocycles. The van der Waals surface area contributed by atoms with Crippen LogP contribution in [0.4, 0.5) is 37.8 Å². The van der Waals surface area contributed by atoms with Crippen LogP contribution in [-0.4, -0.2) is 39.9 Å². The second-order valence-electron chi connectivity index (χ2n) is 8.61. The number of aromatic nitrogens is 3. The summed E-state index contributed by atoms with van der Waals surface area (Å²) in [5.74, 6) is -0.278. The van der Waals surface area contributed by atoms with E-state index >= 15 is 0 Å². The highest BCUT2D eigenvalue weighted by molar-refractivity contribution is 6.06. The van der Waals surface area contributed by atoms with Crippen LogP contribution < -0.4 is 15.0 Å². The molecule has 0 unspecified atom stereocenters. The van der Waals surface area contributed by atoms with Crippen LogP contribution in [0.1, 0.15) is 28.2 Å². The molecule has 198 valence electrons. The first-order valence-corrected chi connectivity index (χ1v) is 11.4. The topological polar surface area (TPSA) is 72.3 Å². The number of nitrogens with zero attached hydrogens (tertiary/aromatic N) is 4. The second kappa shape index (κ2) is 9.54. The zero-order valence-corrected chi connectivity index (χ0v) is 19.5. The van der Waals surface area contributed by atoms with E-state index < -0.39 is 29.9 Å². The van der Waals surface area contributed by atoms with E-state index in [1.165, 1.54) is 35.0 Å². The van der Waals surface area contributed by atoms with Gasteiger partial charge in [0.1, 0.15) is 23.0 Å². The molecule has 5 rings (SSSR count). The Bertz CT molecular complexity index is 1460. The monoisotopic (exact) mass is 535 g/mol. The van der Waals surface area contributed by atoms with E-state index in [-0.39, 0.29) is 23.3 Å². The van der Waals surface area contributed by atoms with E-state index in [0.29, 0.717) is 11.3 Å². The fraction of sp³-hybridized carbons (Fsp3) is 0.240. The lowest BCUT2D eigenvalue weighted by atomic mass is 10.2. The third-order valence-electron chi connectivity index (χ3n) is 5.96. The van der Waals surface area contributed by atoms with Gasteiger partial charge >= 0.3 is 12.5 Å². The Hall–Kier alpha value is -4.29. The summed E-state index contributed by atoms with van der Waals surface area (Å²) in [6, 6.07) is 11.6. The third-order valence-corrected chi connectivity index (χ3v) is 5.96. The van der Waals surface area contributed by atoms with Crippen molar-refractivity contribution in [1.29, 1.82) is 0 Å². The molecule has 1 saturated heterocycles. The number of hydrogen-bond acceptors (Lipinski definition) is 5. The Morgan fingerprint density at radius 2 is 1.71 bits per heavy atom. The Kier molecular flexibility index (Phi) is 6.37. The first kappa shape index (κ1) is 25.4. The Morgan fingerprint density at radius 3 is 2.29 bits per heavy atom. The summed E-state index contributed by atoms with van der Waals surface area (Å²) < 4.78 is 82.5. The quantitative estimate of drug-likeness (QED) is 0.313. The predicted octanol–water partition coefficient (Wildman–Crippen LogP) is 5.86. The van der Waals surface area contributed by atoms with E-state index in [0.717, 1.165) is 43.5 Å². The summed E-state index contributed by atoms with van der Waals surface area (Å²) in [5.41, 5.74) is -0.0682. The number of nitrogens with one attached hydrogen (secondary N) is 1. The maximum absolute atomic E-state index is 13.2. The molecule has 3 aromatic heterocycles. The summed E-state index contributed by atoms with van der Waals surface area (Å²) in [6.07, 6.45) is -6.98. The van der Waals surface area contributed by atoms with E-state index in [9.17, 15) is 31.1 Å². The van der Waals surface area contributed by atoms with Crippen LogP contribution in [0, 0.1) is 0 Å². The smallest absolute Gasteiger partial charge is 0.406 e. The van der Waals surface area contributed by atoms with Gasteiger partial charge in [-0.3, -0.25) is 4.79 Å². The number of hydrogen-bond donors (Lipinski definition) is 1. The molecule has 4 heterocycles. The Labute approximate surface area is 211 Å². The van der Waals surface area contributed by atoms with Crippen molar-refractivity contribution < 1.29 is 35.9 Å². The predicted molar refractivity (Wildman–Crippen MR) is 126 cm³/mol. The van der Waals surface area contributed by atoms with Gasteiger partial charge in [-0.25, -0.2) is 9.97 Å². The number of anilines is 2. The van der Waals surface area contributed by atoms with Crippen LogP contribution in [0.2, 0.25) is 0 Å². The number of pyridine rings is 2. The molecule has 0 saturated carbocycles. The Balaban J connectivity index is 1.46. The van der Waals surface area contributed by atoms with E-state index in [2.05, 4.69) is 24.9 Å². The van der Waals surface area contributed by atoms with Gasteiger partial charge in [0.15, 0.2) is 0 Å². The minimum absolute atomic E-state index is 0.00858. The van der Waals surface area contributed by atoms with Crippen LogP contribution >= 0.6 is 0 Å². The van der Waals surface area contributed by atoms with Gasteiger partial charge in [0, 0.05) is 19.6 Å². The summed E-state index contributed by atoms with van der Waals surface area (Å²) in [5, 5.41) is 2.69. The number of amides is 1. The number of ether oxygens (including phenoxy) is 1. The number of alkyl halides is 6. The maximum atomic E-state index is 13.2. The molecule has 0 spiro atoms. The van der Waals surface area contributed by atoms with Crippen LogP contribution in [0.25, 0.3) is 11.0 Å². The van der Waals surface area contributed by atoms with Gasteiger partial charge in [-0.15, -0.1) is 13.2 Å². The molecule has 1 amide bonds. The van der Waals surface area contributed by atoms with E-state index in [1.807, 2.05) is 0 Å². The lowest BCUT2D eigenvalue weighted by Gasteiger charge is -2.31. The molecule has 1 aliphatic heterocycles. The van der Waals surface area contributed by atoms with Crippen molar-refractivity contribution in [2.75, 3.05) is 23.3 Å². The van der Waals surface area contributed by atoms with Gasteiger partial charge in [-0.05, 0) is 54.4 Å². The maximum Gasteiger partial charge on any atom is 0.573 e. The number of carbonyl (C=O) groups excluding carboxylic acids is 1. The minimum Gasteiger partial charge on any atom is -0.406 e. The molecule has 1 aliphatic rings. The van der Waals surface area contributed by atoms with Gasteiger partial charge in [0.2, 0.25) is 0 Å². The van der Waals surface area contributed by atoms with Crippen LogP contribution in [0.5, 0.6) is 5.75 Å². The average molecular weight is 535 g/mol. The Morgan fingerprint density at radius 1 is 0.974 bits per heavy atom. The zero-order valence-electron chi connectivity index (χ0n) is 19.5. The van der Waals surface area contributed by atoms with Crippen LogP contribution in [0.15, 0.2) is 60.8 Å². The van der Waals surface area contributed by atoms with Gasteiger partial charge in [0.05, 0.1) is 22.9 Å². The molecule has 1 aromatic carbocycles. The van der Waals surface area contributed by atoms with E-state index in [1.54, 1.807) is 12.1 Å². The fourth-order valence-corrected chi connectivity index (χ4v) is 4.02. The van der Waals surface area contributed by atoms with Crippen molar-refractivity contribution in [1.82, 2.24) is 14.5 Å². The molecule has 1 fully saturated rings. The first-order valence-electron chi connectivity index (χ1n) is 11.4. The van der Waals surface area contributed by atoms with Gasteiger partial charge < -0.3 is 19.5 Å². The summed E-state index contributed by atoms with van der Waals surface area (Å²) in [4.78, 5) is 23.3. The largest absolute Gasteiger partial charge is 0.573 e. The number of halogens is 6. The molecule has 0 radical (unpaired) electrons. The standard InChI is InChI=1S/C25H19F6N5O2/c26-24(27,28)21-8-7-19-18(34-21)12-20(23(37)33-16-4-9-22(32-13-16)35-10-1-11-35)36(19)14-15-2-5-17(6-3-15)38-25(29,30)31/h2-9,12-13H,1,10-11,14H2,(H,33,37). The molecule has 7 nitrogen and oxygen atoms in total.